The molecule has 1 unspecified atom stereocenters. The molecule has 2 heterocycles. The number of nitrogens with zero attached hydrogens (tertiary/aromatic N) is 3. The summed E-state index contributed by atoms with van der Waals surface area (Å²) in [5.41, 5.74) is 14.4. The molecule has 2 aromatic heterocycles. The molecule has 0 spiro atoms. The zero-order chi connectivity index (χ0) is 24.1. The van der Waals surface area contributed by atoms with Gasteiger partial charge in [-0.2, -0.15) is 0 Å². The van der Waals surface area contributed by atoms with E-state index >= 15 is 0 Å². The van der Waals surface area contributed by atoms with Crippen molar-refractivity contribution in [3.8, 4) is 17.1 Å². The van der Waals surface area contributed by atoms with E-state index in [4.69, 9.17) is 20.0 Å². The van der Waals surface area contributed by atoms with Crippen LogP contribution in [-0.4, -0.2) is 42.4 Å². The summed E-state index contributed by atoms with van der Waals surface area (Å²) in [6.45, 7) is 2.96. The monoisotopic (exact) mass is 465 g/mol. The lowest BCUT2D eigenvalue weighted by Gasteiger charge is -2.27. The molecule has 1 aliphatic carbocycles. The molecule has 1 atom stereocenters. The Morgan fingerprint density at radius 1 is 1.12 bits per heavy atom. The number of aryl methyl sites for hydroxylation is 1. The minimum Gasteiger partial charge on any atom is -0.481 e. The third kappa shape index (κ3) is 5.16. The maximum absolute atomic E-state index is 14.3. The van der Waals surface area contributed by atoms with Crippen LogP contribution < -0.4 is 16.0 Å². The molecule has 1 aromatic carbocycles. The van der Waals surface area contributed by atoms with Crippen LogP contribution in [0.15, 0.2) is 42.5 Å². The number of halogens is 1. The number of benzene rings is 1. The number of hydroxylamine groups is 1. The third-order valence-electron chi connectivity index (χ3n) is 5.63. The van der Waals surface area contributed by atoms with Crippen molar-refractivity contribution in [2.24, 2.45) is 0 Å². The van der Waals surface area contributed by atoms with E-state index < -0.39 is 0 Å². The van der Waals surface area contributed by atoms with Gasteiger partial charge in [-0.3, -0.25) is 10.3 Å². The highest BCUT2D eigenvalue weighted by atomic mass is 19.1. The minimum absolute atomic E-state index is 0.130. The first kappa shape index (κ1) is 23.6. The molecule has 34 heavy (non-hydrogen) atoms. The summed E-state index contributed by atoms with van der Waals surface area (Å²) < 4.78 is 24.7. The fourth-order valence-electron chi connectivity index (χ4n) is 4.15. The number of anilines is 1. The maximum Gasteiger partial charge on any atom is 0.220 e. The summed E-state index contributed by atoms with van der Waals surface area (Å²) in [5.74, 6) is 0.201. The molecule has 0 saturated carbocycles. The standard InChI is InChI=1S/C25H28FN5O3/c1-15-24-21(30-25(27)28-15)12-16(13-22(24)31-34-11-5-10-32-2)18-9-8-17(26)14-19(18)20-6-4-7-23(29-20)33-3/h4,6-9,13-14,16,31H,5,10-12H2,1-3H3,(H2,27,28,30). The fraction of sp³-hybridized carbons (Fsp3) is 0.320. The lowest BCUT2D eigenvalue weighted by molar-refractivity contribution is 0.0594. The first-order valence-corrected chi connectivity index (χ1v) is 11.0. The van der Waals surface area contributed by atoms with Crippen LogP contribution in [0.3, 0.4) is 0 Å². The van der Waals surface area contributed by atoms with Crippen LogP contribution in [0.4, 0.5) is 10.3 Å². The topological polar surface area (TPSA) is 104 Å². The van der Waals surface area contributed by atoms with Crippen LogP contribution in [0.1, 0.15) is 34.9 Å². The Morgan fingerprint density at radius 2 is 1.97 bits per heavy atom. The Labute approximate surface area is 198 Å². The van der Waals surface area contributed by atoms with Crippen molar-refractivity contribution in [1.82, 2.24) is 20.4 Å². The van der Waals surface area contributed by atoms with E-state index in [0.29, 0.717) is 36.8 Å². The minimum atomic E-state index is -0.342. The number of fused-ring (bicyclic) bond motifs is 1. The number of nitrogen functional groups attached to an aromatic ring is 1. The second-order valence-corrected chi connectivity index (χ2v) is 7.97. The zero-order valence-electron chi connectivity index (χ0n) is 19.5. The highest BCUT2D eigenvalue weighted by molar-refractivity contribution is 5.73. The number of ether oxygens (including phenoxy) is 2. The first-order valence-electron chi connectivity index (χ1n) is 11.0. The van der Waals surface area contributed by atoms with Crippen LogP contribution in [-0.2, 0) is 16.0 Å². The van der Waals surface area contributed by atoms with Gasteiger partial charge in [0.25, 0.3) is 0 Å². The summed E-state index contributed by atoms with van der Waals surface area (Å²) in [7, 11) is 3.21. The van der Waals surface area contributed by atoms with Gasteiger partial charge in [0.15, 0.2) is 0 Å². The quantitative estimate of drug-likeness (QED) is 0.363. The van der Waals surface area contributed by atoms with Crippen molar-refractivity contribution in [2.75, 3.05) is 33.2 Å². The van der Waals surface area contributed by atoms with Crippen molar-refractivity contribution in [2.45, 2.75) is 25.7 Å². The maximum atomic E-state index is 14.3. The number of allylic oxidation sites excluding steroid dienone is 1. The van der Waals surface area contributed by atoms with Crippen molar-refractivity contribution in [3.63, 3.8) is 0 Å². The van der Waals surface area contributed by atoms with Gasteiger partial charge in [-0.15, -0.1) is 0 Å². The van der Waals surface area contributed by atoms with Crippen LogP contribution >= 0.6 is 0 Å². The number of rotatable bonds is 9. The molecule has 4 rings (SSSR count). The van der Waals surface area contributed by atoms with E-state index in [9.17, 15) is 4.39 Å². The summed E-state index contributed by atoms with van der Waals surface area (Å²) in [6.07, 6.45) is 3.37. The van der Waals surface area contributed by atoms with E-state index in [2.05, 4.69) is 26.5 Å². The van der Waals surface area contributed by atoms with Crippen LogP contribution in [0.25, 0.3) is 17.0 Å². The van der Waals surface area contributed by atoms with Crippen LogP contribution in [0.5, 0.6) is 5.88 Å². The summed E-state index contributed by atoms with van der Waals surface area (Å²) in [5, 5.41) is 0. The molecule has 0 aliphatic heterocycles. The molecule has 0 bridgehead atoms. The smallest absolute Gasteiger partial charge is 0.220 e. The first-order chi connectivity index (χ1) is 16.5. The Morgan fingerprint density at radius 3 is 2.76 bits per heavy atom. The molecule has 178 valence electrons. The number of methoxy groups -OCH3 is 2. The fourth-order valence-corrected chi connectivity index (χ4v) is 4.15. The number of pyridine rings is 1. The van der Waals surface area contributed by atoms with Gasteiger partial charge in [0.2, 0.25) is 11.8 Å². The highest BCUT2D eigenvalue weighted by Gasteiger charge is 2.27. The summed E-state index contributed by atoms with van der Waals surface area (Å²) in [6, 6.07) is 10.2. The predicted molar refractivity (Wildman–Crippen MR) is 127 cm³/mol. The SMILES string of the molecule is COCCCONC1=CC(c2ccc(F)cc2-c2cccc(OC)n2)Cc2nc(N)nc(C)c21. The molecule has 0 fully saturated rings. The highest BCUT2D eigenvalue weighted by Crippen LogP contribution is 2.38. The van der Waals surface area contributed by atoms with Gasteiger partial charge in [0, 0.05) is 43.2 Å². The van der Waals surface area contributed by atoms with Gasteiger partial charge in [-0.1, -0.05) is 18.2 Å². The average Bonchev–Trinajstić information content (AvgIpc) is 2.83. The van der Waals surface area contributed by atoms with Crippen molar-refractivity contribution in [3.05, 3.63) is 70.8 Å². The van der Waals surface area contributed by atoms with Crippen molar-refractivity contribution < 1.29 is 18.7 Å². The lowest BCUT2D eigenvalue weighted by atomic mass is 9.83. The van der Waals surface area contributed by atoms with Gasteiger partial charge in [-0.25, -0.2) is 19.3 Å². The molecule has 9 heteroatoms. The third-order valence-corrected chi connectivity index (χ3v) is 5.63. The Bertz CT molecular complexity index is 1200. The molecule has 0 radical (unpaired) electrons. The summed E-state index contributed by atoms with van der Waals surface area (Å²) in [4.78, 5) is 19.0. The molecular formula is C25H28FN5O3. The zero-order valence-corrected chi connectivity index (χ0v) is 19.5. The lowest BCUT2D eigenvalue weighted by Crippen LogP contribution is -2.23. The van der Waals surface area contributed by atoms with E-state index in [1.807, 2.05) is 19.1 Å². The Kier molecular flexibility index (Phi) is 7.34. The Hall–Kier alpha value is -3.56. The molecule has 8 nitrogen and oxygen atoms in total. The predicted octanol–water partition coefficient (Wildman–Crippen LogP) is 3.82. The normalized spacial score (nSPS) is 14.9. The second kappa shape index (κ2) is 10.6. The van der Waals surface area contributed by atoms with Crippen molar-refractivity contribution >= 4 is 11.6 Å². The van der Waals surface area contributed by atoms with Crippen LogP contribution in [0.2, 0.25) is 0 Å². The number of nitrogens with one attached hydrogen (secondary N) is 1. The molecule has 0 amide bonds. The van der Waals surface area contributed by atoms with E-state index in [-0.39, 0.29) is 17.7 Å². The molecular weight excluding hydrogens is 437 g/mol. The largest absolute Gasteiger partial charge is 0.481 e. The van der Waals surface area contributed by atoms with Crippen molar-refractivity contribution in [1.29, 1.82) is 0 Å². The number of hydrogen-bond acceptors (Lipinski definition) is 8. The van der Waals surface area contributed by atoms with Gasteiger partial charge >= 0.3 is 0 Å². The average molecular weight is 466 g/mol. The van der Waals surface area contributed by atoms with E-state index in [1.165, 1.54) is 12.1 Å². The van der Waals surface area contributed by atoms with E-state index in [1.54, 1.807) is 26.4 Å². The number of nitrogens with two attached hydrogens (primary N) is 1. The van der Waals surface area contributed by atoms with Gasteiger partial charge < -0.3 is 15.2 Å². The van der Waals surface area contributed by atoms with Crippen LogP contribution in [0, 0.1) is 12.7 Å². The number of hydrogen-bond donors (Lipinski definition) is 2. The van der Waals surface area contributed by atoms with Gasteiger partial charge in [0.1, 0.15) is 5.82 Å². The second-order valence-electron chi connectivity index (χ2n) is 7.97. The van der Waals surface area contributed by atoms with E-state index in [0.717, 1.165) is 34.6 Å². The Balaban J connectivity index is 1.74. The molecule has 0 saturated heterocycles. The summed E-state index contributed by atoms with van der Waals surface area (Å²) >= 11 is 0. The number of aromatic nitrogens is 3. The molecule has 3 N–H and O–H groups in total. The van der Waals surface area contributed by atoms with Gasteiger partial charge in [-0.05, 0) is 37.1 Å². The molecule has 1 aliphatic rings. The molecule has 3 aromatic rings. The van der Waals surface area contributed by atoms with Gasteiger partial charge in [0.05, 0.1) is 36.5 Å².